The zero-order chi connectivity index (χ0) is 13.8. The maximum atomic E-state index is 6.17. The van der Waals surface area contributed by atoms with Crippen molar-refractivity contribution in [3.8, 4) is 0 Å². The molecule has 0 aromatic heterocycles. The molecule has 3 nitrogen and oxygen atoms in total. The Hall–Kier alpha value is 0.531. The lowest BCUT2D eigenvalue weighted by atomic mass is 9.98. The molecule has 0 unspecified atom stereocenters. The van der Waals surface area contributed by atoms with Crippen LogP contribution in [0.4, 0.5) is 0 Å². The molecule has 1 rings (SSSR count). The largest absolute Gasteiger partial charge is 0.555 e. The van der Waals surface area contributed by atoms with Crippen molar-refractivity contribution in [2.24, 2.45) is 0 Å². The van der Waals surface area contributed by atoms with E-state index >= 15 is 0 Å². The SMILES string of the molecule is C[Si](C)(C)O[Si](OC1CCCCC1)O[Si](C)(C)C. The Labute approximate surface area is 116 Å². The van der Waals surface area contributed by atoms with Crippen molar-refractivity contribution in [3.63, 3.8) is 0 Å². The highest BCUT2D eigenvalue weighted by molar-refractivity contribution is 6.79. The Morgan fingerprint density at radius 1 is 0.778 bits per heavy atom. The Morgan fingerprint density at radius 3 is 1.61 bits per heavy atom. The summed E-state index contributed by atoms with van der Waals surface area (Å²) in [5.74, 6) is 0. The van der Waals surface area contributed by atoms with E-state index in [9.17, 15) is 0 Å². The van der Waals surface area contributed by atoms with Crippen LogP contribution < -0.4 is 0 Å². The summed E-state index contributed by atoms with van der Waals surface area (Å²) in [7, 11) is -4.71. The number of rotatable bonds is 6. The average Bonchev–Trinajstić information content (AvgIpc) is 2.13. The summed E-state index contributed by atoms with van der Waals surface area (Å²) in [4.78, 5) is 0. The summed E-state index contributed by atoms with van der Waals surface area (Å²) in [5.41, 5.74) is 0. The molecule has 1 aliphatic rings. The van der Waals surface area contributed by atoms with E-state index in [1.807, 2.05) is 0 Å². The molecule has 0 atom stereocenters. The Kier molecular flexibility index (Phi) is 6.27. The van der Waals surface area contributed by atoms with Crippen molar-refractivity contribution in [2.75, 3.05) is 0 Å². The molecule has 0 N–H and O–H groups in total. The Bertz CT molecular complexity index is 226. The molecule has 1 fully saturated rings. The van der Waals surface area contributed by atoms with Gasteiger partial charge in [0.2, 0.25) is 0 Å². The molecule has 0 spiro atoms. The Morgan fingerprint density at radius 2 is 1.22 bits per heavy atom. The summed E-state index contributed by atoms with van der Waals surface area (Å²) >= 11 is 0. The normalized spacial score (nSPS) is 19.5. The smallest absolute Gasteiger partial charge is 0.414 e. The molecule has 18 heavy (non-hydrogen) atoms. The summed E-state index contributed by atoms with van der Waals surface area (Å²) < 4.78 is 18.5. The first kappa shape index (κ1) is 16.6. The predicted octanol–water partition coefficient (Wildman–Crippen LogP) is 4.02. The van der Waals surface area contributed by atoms with E-state index in [0.717, 1.165) is 0 Å². The lowest BCUT2D eigenvalue weighted by Gasteiger charge is -2.32. The zero-order valence-electron chi connectivity index (χ0n) is 12.8. The van der Waals surface area contributed by atoms with Gasteiger partial charge in [-0.1, -0.05) is 19.3 Å². The summed E-state index contributed by atoms with van der Waals surface area (Å²) in [6, 6.07) is 0. The van der Waals surface area contributed by atoms with Crippen LogP contribution in [-0.2, 0) is 12.7 Å². The van der Waals surface area contributed by atoms with E-state index in [-0.39, 0.29) is 0 Å². The molecule has 1 radical (unpaired) electrons. The topological polar surface area (TPSA) is 27.7 Å². The van der Waals surface area contributed by atoms with Gasteiger partial charge in [0.1, 0.15) is 0 Å². The van der Waals surface area contributed by atoms with Crippen LogP contribution in [0.25, 0.3) is 0 Å². The molecule has 0 aromatic rings. The van der Waals surface area contributed by atoms with Crippen LogP contribution in [0.2, 0.25) is 39.3 Å². The first-order valence-electron chi connectivity index (χ1n) is 7.07. The number of hydrogen-bond donors (Lipinski definition) is 0. The van der Waals surface area contributed by atoms with Gasteiger partial charge < -0.3 is 12.7 Å². The van der Waals surface area contributed by atoms with E-state index in [1.54, 1.807) is 0 Å². The van der Waals surface area contributed by atoms with Crippen LogP contribution in [0.15, 0.2) is 0 Å². The molecule has 107 valence electrons. The van der Waals surface area contributed by atoms with E-state index in [0.29, 0.717) is 6.10 Å². The summed E-state index contributed by atoms with van der Waals surface area (Å²) in [6.07, 6.45) is 6.67. The molecule has 1 saturated carbocycles. The summed E-state index contributed by atoms with van der Waals surface area (Å²) in [5, 5.41) is 0. The van der Waals surface area contributed by atoms with Crippen molar-refractivity contribution in [2.45, 2.75) is 77.5 Å². The highest BCUT2D eigenvalue weighted by Gasteiger charge is 2.34. The lowest BCUT2D eigenvalue weighted by Crippen LogP contribution is -2.46. The van der Waals surface area contributed by atoms with Crippen LogP contribution in [0.3, 0.4) is 0 Å². The predicted molar refractivity (Wildman–Crippen MR) is 82.6 cm³/mol. The molecule has 0 bridgehead atoms. The third kappa shape index (κ3) is 7.85. The van der Waals surface area contributed by atoms with Crippen LogP contribution in [0.1, 0.15) is 32.1 Å². The first-order valence-corrected chi connectivity index (χ1v) is 15.1. The minimum absolute atomic E-state index is 0.375. The summed E-state index contributed by atoms with van der Waals surface area (Å²) in [6.45, 7) is 13.2. The van der Waals surface area contributed by atoms with Gasteiger partial charge in [-0.3, -0.25) is 0 Å². The van der Waals surface area contributed by atoms with Gasteiger partial charge in [-0.15, -0.1) is 0 Å². The third-order valence-electron chi connectivity index (χ3n) is 2.59. The van der Waals surface area contributed by atoms with Gasteiger partial charge in [0.15, 0.2) is 16.6 Å². The third-order valence-corrected chi connectivity index (χ3v) is 9.35. The molecule has 0 saturated heterocycles. The molecule has 6 heteroatoms. The molecule has 0 amide bonds. The minimum Gasteiger partial charge on any atom is -0.414 e. The zero-order valence-corrected chi connectivity index (χ0v) is 15.8. The van der Waals surface area contributed by atoms with Crippen molar-refractivity contribution < 1.29 is 12.7 Å². The van der Waals surface area contributed by atoms with Gasteiger partial charge in [-0.2, -0.15) is 0 Å². The molecule has 0 aromatic carbocycles. The highest BCUT2D eigenvalue weighted by Crippen LogP contribution is 2.23. The quantitative estimate of drug-likeness (QED) is 0.694. The maximum absolute atomic E-state index is 6.17. The van der Waals surface area contributed by atoms with Crippen molar-refractivity contribution in [3.05, 3.63) is 0 Å². The fourth-order valence-corrected chi connectivity index (χ4v) is 7.32. The fourth-order valence-electron chi connectivity index (χ4n) is 1.89. The highest BCUT2D eigenvalue weighted by atomic mass is 28.5. The van der Waals surface area contributed by atoms with Crippen LogP contribution in [0.5, 0.6) is 0 Å². The van der Waals surface area contributed by atoms with E-state index in [2.05, 4.69) is 39.3 Å². The van der Waals surface area contributed by atoms with Gasteiger partial charge in [0, 0.05) is 6.10 Å². The van der Waals surface area contributed by atoms with Crippen molar-refractivity contribution in [1.82, 2.24) is 0 Å². The lowest BCUT2D eigenvalue weighted by molar-refractivity contribution is 0.0965. The average molecular weight is 306 g/mol. The van der Waals surface area contributed by atoms with Crippen LogP contribution in [0, 0.1) is 0 Å². The Balaban J connectivity index is 2.53. The second-order valence-electron chi connectivity index (χ2n) is 7.06. The van der Waals surface area contributed by atoms with Gasteiger partial charge >= 0.3 is 9.53 Å². The standard InChI is InChI=1S/C12H29O3Si3/c1-17(2,3)14-16(15-18(4,5)6)13-12-10-8-7-9-11-12/h12H,7-11H2,1-6H3. The first-order chi connectivity index (χ1) is 8.16. The van der Waals surface area contributed by atoms with Gasteiger partial charge in [0.05, 0.1) is 0 Å². The molecule has 1 aliphatic carbocycles. The van der Waals surface area contributed by atoms with E-state index in [4.69, 9.17) is 12.7 Å². The van der Waals surface area contributed by atoms with Crippen molar-refractivity contribution in [1.29, 1.82) is 0 Å². The second-order valence-corrected chi connectivity index (χ2v) is 17.9. The van der Waals surface area contributed by atoms with Gasteiger partial charge in [-0.05, 0) is 52.1 Å². The molecular weight excluding hydrogens is 276 g/mol. The molecular formula is C12H29O3Si3. The van der Waals surface area contributed by atoms with Gasteiger partial charge in [-0.25, -0.2) is 0 Å². The van der Waals surface area contributed by atoms with Crippen molar-refractivity contribution >= 4 is 26.2 Å². The number of hydrogen-bond acceptors (Lipinski definition) is 3. The van der Waals surface area contributed by atoms with E-state index in [1.165, 1.54) is 32.1 Å². The molecule has 0 aliphatic heterocycles. The van der Waals surface area contributed by atoms with E-state index < -0.39 is 26.2 Å². The fraction of sp³-hybridized carbons (Fsp3) is 1.00. The minimum atomic E-state index is -1.59. The second kappa shape index (κ2) is 6.81. The monoisotopic (exact) mass is 305 g/mol. The van der Waals surface area contributed by atoms with Crippen LogP contribution >= 0.6 is 0 Å². The molecule has 0 heterocycles. The maximum Gasteiger partial charge on any atom is 0.555 e. The van der Waals surface area contributed by atoms with Crippen LogP contribution in [-0.4, -0.2) is 32.3 Å². The van der Waals surface area contributed by atoms with Gasteiger partial charge in [0.25, 0.3) is 0 Å².